The molecule has 4 heteroatoms. The van der Waals surface area contributed by atoms with Crippen molar-refractivity contribution in [3.63, 3.8) is 0 Å². The minimum atomic E-state index is 0.205. The highest BCUT2D eigenvalue weighted by molar-refractivity contribution is 7.09. The molecule has 2 rings (SSSR count). The fourth-order valence-corrected chi connectivity index (χ4v) is 3.19. The van der Waals surface area contributed by atoms with E-state index in [1.165, 1.54) is 11.1 Å². The van der Waals surface area contributed by atoms with E-state index >= 15 is 0 Å². The minimum absolute atomic E-state index is 0.205. The number of benzene rings is 1. The fraction of sp³-hybridized carbons (Fsp3) is 0.400. The predicted molar refractivity (Wildman–Crippen MR) is 81.4 cm³/mol. The molecule has 1 heterocycles. The highest BCUT2D eigenvalue weighted by atomic mass is 32.1. The van der Waals surface area contributed by atoms with Gasteiger partial charge in [0.1, 0.15) is 5.01 Å². The van der Waals surface area contributed by atoms with Gasteiger partial charge in [0.05, 0.1) is 11.7 Å². The van der Waals surface area contributed by atoms with Gasteiger partial charge < -0.3 is 5.73 Å². The zero-order valence-electron chi connectivity index (χ0n) is 11.8. The van der Waals surface area contributed by atoms with Gasteiger partial charge in [-0.1, -0.05) is 31.2 Å². The van der Waals surface area contributed by atoms with E-state index in [-0.39, 0.29) is 6.04 Å². The summed E-state index contributed by atoms with van der Waals surface area (Å²) in [7, 11) is 4.17. The van der Waals surface area contributed by atoms with Crippen LogP contribution in [0, 0.1) is 0 Å². The Labute approximate surface area is 119 Å². The third-order valence-electron chi connectivity index (χ3n) is 3.23. The summed E-state index contributed by atoms with van der Waals surface area (Å²) in [4.78, 5) is 6.82. The molecule has 0 radical (unpaired) electrons. The van der Waals surface area contributed by atoms with Crippen LogP contribution < -0.4 is 5.73 Å². The highest BCUT2D eigenvalue weighted by Gasteiger charge is 2.19. The summed E-state index contributed by atoms with van der Waals surface area (Å²) >= 11 is 1.68. The first-order valence-electron chi connectivity index (χ1n) is 6.55. The maximum absolute atomic E-state index is 5.65. The van der Waals surface area contributed by atoms with Crippen LogP contribution in [0.3, 0.4) is 0 Å². The summed E-state index contributed by atoms with van der Waals surface area (Å²) in [5.74, 6) is 0. The van der Waals surface area contributed by atoms with Crippen molar-refractivity contribution in [2.75, 3.05) is 14.1 Å². The second-order valence-electron chi connectivity index (χ2n) is 4.84. The fourth-order valence-electron chi connectivity index (χ4n) is 2.14. The first kappa shape index (κ1) is 14.2. The topological polar surface area (TPSA) is 42.1 Å². The summed E-state index contributed by atoms with van der Waals surface area (Å²) < 4.78 is 0. The van der Waals surface area contributed by atoms with Crippen LogP contribution in [0.4, 0.5) is 0 Å². The Morgan fingerprint density at radius 3 is 2.42 bits per heavy atom. The molecule has 2 aromatic rings. The van der Waals surface area contributed by atoms with Crippen LogP contribution in [-0.2, 0) is 13.0 Å². The number of nitrogens with two attached hydrogens (primary N) is 1. The van der Waals surface area contributed by atoms with Gasteiger partial charge >= 0.3 is 0 Å². The number of hydrogen-bond acceptors (Lipinski definition) is 4. The number of hydrogen-bond donors (Lipinski definition) is 1. The van der Waals surface area contributed by atoms with E-state index in [1.54, 1.807) is 11.3 Å². The minimum Gasteiger partial charge on any atom is -0.325 e. The molecule has 1 atom stereocenters. The molecule has 1 aromatic carbocycles. The molecule has 0 bridgehead atoms. The average Bonchev–Trinajstić information content (AvgIpc) is 2.88. The molecule has 0 spiro atoms. The Hall–Kier alpha value is -1.23. The maximum atomic E-state index is 5.65. The van der Waals surface area contributed by atoms with Crippen molar-refractivity contribution >= 4 is 11.3 Å². The molecule has 0 saturated carbocycles. The summed E-state index contributed by atoms with van der Waals surface area (Å²) in [5, 5.41) is 3.15. The molecule has 0 amide bonds. The second-order valence-corrected chi connectivity index (χ2v) is 5.73. The van der Waals surface area contributed by atoms with Gasteiger partial charge in [-0.05, 0) is 31.6 Å². The smallest absolute Gasteiger partial charge is 0.115 e. The van der Waals surface area contributed by atoms with Gasteiger partial charge in [0.15, 0.2) is 0 Å². The zero-order valence-corrected chi connectivity index (χ0v) is 12.6. The lowest BCUT2D eigenvalue weighted by Gasteiger charge is -2.22. The van der Waals surface area contributed by atoms with E-state index in [1.807, 2.05) is 5.38 Å². The molecule has 0 saturated heterocycles. The summed E-state index contributed by atoms with van der Waals surface area (Å²) in [5.41, 5.74) is 9.26. The van der Waals surface area contributed by atoms with Crippen molar-refractivity contribution < 1.29 is 0 Å². The van der Waals surface area contributed by atoms with Crippen LogP contribution in [0.25, 0.3) is 0 Å². The SMILES string of the molecule is CCc1ccc(C(c2nc(CN)cs2)N(C)C)cc1. The third kappa shape index (κ3) is 3.21. The van der Waals surface area contributed by atoms with E-state index in [9.17, 15) is 0 Å². The number of aryl methyl sites for hydroxylation is 1. The number of thiazole rings is 1. The van der Waals surface area contributed by atoms with E-state index in [4.69, 9.17) is 5.73 Å². The maximum Gasteiger partial charge on any atom is 0.115 e. The Morgan fingerprint density at radius 2 is 1.95 bits per heavy atom. The van der Waals surface area contributed by atoms with Crippen LogP contribution in [0.1, 0.15) is 34.8 Å². The molecule has 0 aliphatic rings. The zero-order chi connectivity index (χ0) is 13.8. The van der Waals surface area contributed by atoms with E-state index in [0.29, 0.717) is 6.54 Å². The molecule has 1 aromatic heterocycles. The molecule has 1 unspecified atom stereocenters. The van der Waals surface area contributed by atoms with Gasteiger partial charge in [-0.3, -0.25) is 4.90 Å². The van der Waals surface area contributed by atoms with Crippen molar-refractivity contribution in [3.05, 3.63) is 51.5 Å². The Kier molecular flexibility index (Phi) is 4.69. The van der Waals surface area contributed by atoms with Crippen molar-refractivity contribution in [3.8, 4) is 0 Å². The second kappa shape index (κ2) is 6.28. The number of aromatic nitrogens is 1. The summed E-state index contributed by atoms with van der Waals surface area (Å²) in [6.45, 7) is 2.68. The van der Waals surface area contributed by atoms with Crippen molar-refractivity contribution in [2.45, 2.75) is 25.9 Å². The van der Waals surface area contributed by atoms with Gasteiger partial charge in [-0.25, -0.2) is 4.98 Å². The Bertz CT molecular complexity index is 516. The van der Waals surface area contributed by atoms with Crippen LogP contribution in [0.5, 0.6) is 0 Å². The molecule has 19 heavy (non-hydrogen) atoms. The lowest BCUT2D eigenvalue weighted by Crippen LogP contribution is -2.21. The van der Waals surface area contributed by atoms with Gasteiger partial charge in [0.2, 0.25) is 0 Å². The van der Waals surface area contributed by atoms with Gasteiger partial charge in [0.25, 0.3) is 0 Å². The molecule has 0 aliphatic carbocycles. The molecular weight excluding hydrogens is 254 g/mol. The molecule has 0 aliphatic heterocycles. The van der Waals surface area contributed by atoms with Crippen molar-refractivity contribution in [1.29, 1.82) is 0 Å². The molecule has 2 N–H and O–H groups in total. The average molecular weight is 275 g/mol. The van der Waals surface area contributed by atoms with Crippen LogP contribution in [-0.4, -0.2) is 24.0 Å². The van der Waals surface area contributed by atoms with Gasteiger partial charge in [0, 0.05) is 11.9 Å². The van der Waals surface area contributed by atoms with Crippen LogP contribution in [0.2, 0.25) is 0 Å². The Balaban J connectivity index is 2.33. The lowest BCUT2D eigenvalue weighted by molar-refractivity contribution is 0.341. The predicted octanol–water partition coefficient (Wildman–Crippen LogP) is 2.82. The molecule has 3 nitrogen and oxygen atoms in total. The van der Waals surface area contributed by atoms with E-state index < -0.39 is 0 Å². The Morgan fingerprint density at radius 1 is 1.26 bits per heavy atom. The van der Waals surface area contributed by atoms with Gasteiger partial charge in [-0.2, -0.15) is 0 Å². The first-order chi connectivity index (χ1) is 9.15. The normalized spacial score (nSPS) is 12.9. The van der Waals surface area contributed by atoms with Crippen LogP contribution in [0.15, 0.2) is 29.6 Å². The third-order valence-corrected chi connectivity index (χ3v) is 4.18. The number of nitrogens with zero attached hydrogens (tertiary/aromatic N) is 2. The summed E-state index contributed by atoms with van der Waals surface area (Å²) in [6, 6.07) is 9.00. The standard InChI is InChI=1S/C15H21N3S/c1-4-11-5-7-12(8-6-11)14(18(2)3)15-17-13(9-16)10-19-15/h5-8,10,14H,4,9,16H2,1-3H3. The molecular formula is C15H21N3S. The summed E-state index contributed by atoms with van der Waals surface area (Å²) in [6.07, 6.45) is 1.07. The monoisotopic (exact) mass is 275 g/mol. The lowest BCUT2D eigenvalue weighted by atomic mass is 10.0. The largest absolute Gasteiger partial charge is 0.325 e. The number of rotatable bonds is 5. The van der Waals surface area contributed by atoms with E-state index in [0.717, 1.165) is 17.1 Å². The van der Waals surface area contributed by atoms with Crippen molar-refractivity contribution in [2.24, 2.45) is 5.73 Å². The van der Waals surface area contributed by atoms with Crippen molar-refractivity contribution in [1.82, 2.24) is 9.88 Å². The van der Waals surface area contributed by atoms with Gasteiger partial charge in [-0.15, -0.1) is 11.3 Å². The first-order valence-corrected chi connectivity index (χ1v) is 7.43. The highest BCUT2D eigenvalue weighted by Crippen LogP contribution is 2.29. The quantitative estimate of drug-likeness (QED) is 0.912. The van der Waals surface area contributed by atoms with E-state index in [2.05, 4.69) is 55.2 Å². The molecule has 102 valence electrons. The van der Waals surface area contributed by atoms with Crippen LogP contribution >= 0.6 is 11.3 Å². The molecule has 0 fully saturated rings.